The lowest BCUT2D eigenvalue weighted by Crippen LogP contribution is -2.41. The Balaban J connectivity index is 1.82. The summed E-state index contributed by atoms with van der Waals surface area (Å²) >= 11 is 0. The molecule has 1 fully saturated rings. The molecule has 1 saturated heterocycles. The molecule has 1 aromatic rings. The topological polar surface area (TPSA) is 93.0 Å². The van der Waals surface area contributed by atoms with Crippen LogP contribution in [0.3, 0.4) is 0 Å². The highest BCUT2D eigenvalue weighted by Gasteiger charge is 2.20. The molecular weight excluding hydrogens is 272 g/mol. The molecule has 0 spiro atoms. The third kappa shape index (κ3) is 4.09. The van der Waals surface area contributed by atoms with Gasteiger partial charge in [-0.15, -0.1) is 0 Å². The van der Waals surface area contributed by atoms with E-state index in [9.17, 15) is 20.1 Å². The predicted octanol–water partition coefficient (Wildman–Crippen LogP) is 0.532. The van der Waals surface area contributed by atoms with Gasteiger partial charge in [-0.2, -0.15) is 0 Å². The lowest BCUT2D eigenvalue weighted by atomic mass is 9.99. The van der Waals surface area contributed by atoms with Crippen molar-refractivity contribution in [2.75, 3.05) is 32.8 Å². The Labute approximate surface area is 124 Å². The van der Waals surface area contributed by atoms with Crippen molar-refractivity contribution in [1.29, 1.82) is 0 Å². The van der Waals surface area contributed by atoms with Crippen molar-refractivity contribution in [3.63, 3.8) is 0 Å². The molecule has 0 aliphatic carbocycles. The van der Waals surface area contributed by atoms with Gasteiger partial charge in [-0.3, -0.25) is 4.79 Å². The van der Waals surface area contributed by atoms with Crippen molar-refractivity contribution in [2.24, 2.45) is 5.92 Å². The van der Waals surface area contributed by atoms with Crippen molar-refractivity contribution in [2.45, 2.75) is 12.8 Å². The van der Waals surface area contributed by atoms with E-state index in [1.807, 2.05) is 0 Å². The summed E-state index contributed by atoms with van der Waals surface area (Å²) in [5, 5.41) is 31.1. The normalized spacial score (nSPS) is 19.4. The maximum absolute atomic E-state index is 12.0. The number of nitrogens with zero attached hydrogens (tertiary/aromatic N) is 1. The molecule has 1 aliphatic heterocycles. The summed E-state index contributed by atoms with van der Waals surface area (Å²) in [5.74, 6) is -0.630. The van der Waals surface area contributed by atoms with Crippen LogP contribution in [0.1, 0.15) is 23.2 Å². The number of phenols is 2. The minimum atomic E-state index is -0.485. The number of amides is 1. The standard InChI is InChI=1S/C15H22N2O4/c18-10-11-3-2-7-17(9-11)8-6-16-15(21)14-12(19)4-1-5-13(14)20/h1,4-5,11,18-20H,2-3,6-10H2,(H,16,21)/t11-/m0/s1. The average molecular weight is 294 g/mol. The molecule has 6 heteroatoms. The SMILES string of the molecule is O=C(NCCN1CCC[C@H](CO)C1)c1c(O)cccc1O. The molecule has 1 heterocycles. The molecule has 21 heavy (non-hydrogen) atoms. The molecule has 0 unspecified atom stereocenters. The first kappa shape index (κ1) is 15.6. The number of aromatic hydroxyl groups is 2. The third-order valence-corrected chi connectivity index (χ3v) is 3.82. The van der Waals surface area contributed by atoms with Crippen LogP contribution in [0.4, 0.5) is 0 Å². The van der Waals surface area contributed by atoms with Gasteiger partial charge in [0.25, 0.3) is 5.91 Å². The minimum Gasteiger partial charge on any atom is -0.507 e. The molecule has 6 nitrogen and oxygen atoms in total. The fourth-order valence-corrected chi connectivity index (χ4v) is 2.68. The molecule has 116 valence electrons. The molecule has 2 rings (SSSR count). The maximum Gasteiger partial charge on any atom is 0.258 e. The predicted molar refractivity (Wildman–Crippen MR) is 78.4 cm³/mol. The van der Waals surface area contributed by atoms with Crippen molar-refractivity contribution < 1.29 is 20.1 Å². The Morgan fingerprint density at radius 3 is 2.71 bits per heavy atom. The molecule has 1 aromatic carbocycles. The van der Waals surface area contributed by atoms with E-state index in [0.29, 0.717) is 19.0 Å². The van der Waals surface area contributed by atoms with E-state index >= 15 is 0 Å². The molecule has 1 amide bonds. The van der Waals surface area contributed by atoms with E-state index in [2.05, 4.69) is 10.2 Å². The smallest absolute Gasteiger partial charge is 0.258 e. The quantitative estimate of drug-likeness (QED) is 0.636. The Hall–Kier alpha value is -1.79. The molecule has 1 atom stereocenters. The number of hydrogen-bond acceptors (Lipinski definition) is 5. The number of phenolic OH excluding ortho intramolecular Hbond substituents is 2. The van der Waals surface area contributed by atoms with E-state index in [-0.39, 0.29) is 23.7 Å². The van der Waals surface area contributed by atoms with Crippen LogP contribution in [0.2, 0.25) is 0 Å². The fourth-order valence-electron chi connectivity index (χ4n) is 2.68. The van der Waals surface area contributed by atoms with Crippen LogP contribution in [0.15, 0.2) is 18.2 Å². The summed E-state index contributed by atoms with van der Waals surface area (Å²) in [6, 6.07) is 4.21. The summed E-state index contributed by atoms with van der Waals surface area (Å²) in [4.78, 5) is 14.2. The number of likely N-dealkylation sites (tertiary alicyclic amines) is 1. The number of aliphatic hydroxyl groups excluding tert-OH is 1. The second-order valence-electron chi connectivity index (χ2n) is 5.42. The molecule has 0 saturated carbocycles. The summed E-state index contributed by atoms with van der Waals surface area (Å²) in [5.41, 5.74) is -0.0932. The molecule has 1 aliphatic rings. The lowest BCUT2D eigenvalue weighted by molar-refractivity contribution is 0.0925. The van der Waals surface area contributed by atoms with Crippen LogP contribution in [-0.4, -0.2) is 58.9 Å². The van der Waals surface area contributed by atoms with Crippen molar-refractivity contribution in [1.82, 2.24) is 10.2 Å². The van der Waals surface area contributed by atoms with Gasteiger partial charge in [0.05, 0.1) is 0 Å². The number of piperidine rings is 1. The highest BCUT2D eigenvalue weighted by atomic mass is 16.3. The molecule has 4 N–H and O–H groups in total. The van der Waals surface area contributed by atoms with Crippen molar-refractivity contribution in [3.05, 3.63) is 23.8 Å². The number of hydrogen-bond donors (Lipinski definition) is 4. The van der Waals surface area contributed by atoms with Crippen LogP contribution < -0.4 is 5.32 Å². The maximum atomic E-state index is 12.0. The zero-order chi connectivity index (χ0) is 15.2. The monoisotopic (exact) mass is 294 g/mol. The zero-order valence-electron chi connectivity index (χ0n) is 12.0. The van der Waals surface area contributed by atoms with E-state index < -0.39 is 5.91 Å². The van der Waals surface area contributed by atoms with Gasteiger partial charge in [-0.05, 0) is 37.4 Å². The first-order chi connectivity index (χ1) is 10.1. The van der Waals surface area contributed by atoms with Crippen LogP contribution in [0.5, 0.6) is 11.5 Å². The zero-order valence-corrected chi connectivity index (χ0v) is 12.0. The largest absolute Gasteiger partial charge is 0.507 e. The Morgan fingerprint density at radius 2 is 2.05 bits per heavy atom. The Morgan fingerprint density at radius 1 is 1.33 bits per heavy atom. The first-order valence-electron chi connectivity index (χ1n) is 7.24. The van der Waals surface area contributed by atoms with Gasteiger partial charge in [0.2, 0.25) is 0 Å². The number of carbonyl (C=O) groups excluding carboxylic acids is 1. The van der Waals surface area contributed by atoms with Gasteiger partial charge in [0, 0.05) is 26.2 Å². The molecule has 0 aromatic heterocycles. The molecule has 0 bridgehead atoms. The van der Waals surface area contributed by atoms with E-state index in [1.165, 1.54) is 18.2 Å². The van der Waals surface area contributed by atoms with E-state index in [0.717, 1.165) is 25.9 Å². The second kappa shape index (κ2) is 7.28. The van der Waals surface area contributed by atoms with Crippen LogP contribution >= 0.6 is 0 Å². The highest BCUT2D eigenvalue weighted by molar-refractivity contribution is 5.99. The summed E-state index contributed by atoms with van der Waals surface area (Å²) in [6.45, 7) is 3.14. The van der Waals surface area contributed by atoms with Gasteiger partial charge in [0.15, 0.2) is 0 Å². The minimum absolute atomic E-state index is 0.0932. The second-order valence-corrected chi connectivity index (χ2v) is 5.42. The van der Waals surface area contributed by atoms with Gasteiger partial charge in [0.1, 0.15) is 17.1 Å². The highest BCUT2D eigenvalue weighted by Crippen LogP contribution is 2.25. The van der Waals surface area contributed by atoms with Crippen molar-refractivity contribution >= 4 is 5.91 Å². The summed E-state index contributed by atoms with van der Waals surface area (Å²) < 4.78 is 0. The average Bonchev–Trinajstić information content (AvgIpc) is 2.47. The van der Waals surface area contributed by atoms with Gasteiger partial charge in [-0.1, -0.05) is 6.07 Å². The van der Waals surface area contributed by atoms with Crippen LogP contribution in [-0.2, 0) is 0 Å². The fraction of sp³-hybridized carbons (Fsp3) is 0.533. The van der Waals surface area contributed by atoms with Gasteiger partial charge < -0.3 is 25.5 Å². The van der Waals surface area contributed by atoms with Gasteiger partial charge >= 0.3 is 0 Å². The Bertz CT molecular complexity index is 472. The summed E-state index contributed by atoms with van der Waals surface area (Å²) in [6.07, 6.45) is 2.10. The van der Waals surface area contributed by atoms with E-state index in [1.54, 1.807) is 0 Å². The third-order valence-electron chi connectivity index (χ3n) is 3.82. The number of benzene rings is 1. The van der Waals surface area contributed by atoms with Crippen LogP contribution in [0, 0.1) is 5.92 Å². The number of rotatable bonds is 5. The van der Waals surface area contributed by atoms with Crippen molar-refractivity contribution in [3.8, 4) is 11.5 Å². The molecule has 0 radical (unpaired) electrons. The number of carbonyl (C=O) groups is 1. The summed E-state index contributed by atoms with van der Waals surface area (Å²) in [7, 11) is 0. The number of aliphatic hydroxyl groups is 1. The Kier molecular flexibility index (Phi) is 5.41. The lowest BCUT2D eigenvalue weighted by Gasteiger charge is -2.31. The first-order valence-corrected chi connectivity index (χ1v) is 7.24. The van der Waals surface area contributed by atoms with Crippen LogP contribution in [0.25, 0.3) is 0 Å². The number of nitrogens with one attached hydrogen (secondary N) is 1. The molecular formula is C15H22N2O4. The van der Waals surface area contributed by atoms with Gasteiger partial charge in [-0.25, -0.2) is 0 Å². The van der Waals surface area contributed by atoms with E-state index in [4.69, 9.17) is 0 Å².